The highest BCUT2D eigenvalue weighted by atomic mass is 79.9. The highest BCUT2D eigenvalue weighted by molar-refractivity contribution is 9.10. The van der Waals surface area contributed by atoms with Gasteiger partial charge in [0.15, 0.2) is 0 Å². The van der Waals surface area contributed by atoms with Crippen LogP contribution in [0.5, 0.6) is 0 Å². The van der Waals surface area contributed by atoms with Gasteiger partial charge in [0.1, 0.15) is 10.7 Å². The number of nitrogen functional groups attached to an aromatic ring is 1. The van der Waals surface area contributed by atoms with Gasteiger partial charge in [-0.25, -0.2) is 12.8 Å². The van der Waals surface area contributed by atoms with E-state index < -0.39 is 15.8 Å². The first-order valence-electron chi connectivity index (χ1n) is 5.43. The molecule has 112 valence electrons. The van der Waals surface area contributed by atoms with E-state index in [1.165, 1.54) is 24.3 Å². The van der Waals surface area contributed by atoms with Gasteiger partial charge < -0.3 is 5.73 Å². The topological polar surface area (TPSA) is 72.2 Å². The molecule has 2 aromatic rings. The van der Waals surface area contributed by atoms with E-state index in [0.717, 1.165) is 6.07 Å². The molecule has 0 spiro atoms. The Labute approximate surface area is 139 Å². The van der Waals surface area contributed by atoms with E-state index in [1.54, 1.807) is 0 Å². The molecule has 0 fully saturated rings. The number of benzene rings is 2. The average molecular weight is 414 g/mol. The van der Waals surface area contributed by atoms with E-state index in [9.17, 15) is 12.8 Å². The van der Waals surface area contributed by atoms with Gasteiger partial charge in [-0.1, -0.05) is 39.1 Å². The molecule has 0 aromatic heterocycles. The minimum Gasteiger partial charge on any atom is -0.398 e. The first kappa shape index (κ1) is 16.4. The minimum absolute atomic E-state index is 0.129. The van der Waals surface area contributed by atoms with E-state index >= 15 is 0 Å². The molecule has 2 rings (SSSR count). The fourth-order valence-electron chi connectivity index (χ4n) is 1.64. The lowest BCUT2D eigenvalue weighted by Crippen LogP contribution is -2.16. The zero-order valence-electron chi connectivity index (χ0n) is 10.2. The van der Waals surface area contributed by atoms with E-state index in [1.807, 2.05) is 0 Å². The second-order valence-corrected chi connectivity index (χ2v) is 7.41. The smallest absolute Gasteiger partial charge is 0.265 e. The van der Waals surface area contributed by atoms with Crippen molar-refractivity contribution in [1.82, 2.24) is 0 Å². The molecule has 0 atom stereocenters. The normalized spacial score (nSPS) is 11.4. The highest BCUT2D eigenvalue weighted by Gasteiger charge is 2.23. The van der Waals surface area contributed by atoms with Gasteiger partial charge in [-0.15, -0.1) is 0 Å². The first-order valence-corrected chi connectivity index (χ1v) is 8.46. The zero-order chi connectivity index (χ0) is 15.8. The molecule has 4 nitrogen and oxygen atoms in total. The molecule has 0 aliphatic rings. The summed E-state index contributed by atoms with van der Waals surface area (Å²) in [5.74, 6) is -0.731. The summed E-state index contributed by atoms with van der Waals surface area (Å²) >= 11 is 14.7. The molecule has 2 aromatic carbocycles. The van der Waals surface area contributed by atoms with Crippen LogP contribution in [0.3, 0.4) is 0 Å². The summed E-state index contributed by atoms with van der Waals surface area (Å²) in [4.78, 5) is -0.354. The van der Waals surface area contributed by atoms with Crippen LogP contribution in [-0.4, -0.2) is 8.42 Å². The molecule has 0 bridgehead atoms. The van der Waals surface area contributed by atoms with Gasteiger partial charge in [0.2, 0.25) is 0 Å². The summed E-state index contributed by atoms with van der Waals surface area (Å²) < 4.78 is 40.9. The van der Waals surface area contributed by atoms with Crippen LogP contribution in [0, 0.1) is 5.82 Å². The predicted octanol–water partition coefficient (Wildman–Crippen LogP) is 4.28. The number of halogens is 4. The Morgan fingerprint density at radius 1 is 1.19 bits per heavy atom. The Bertz CT molecular complexity index is 792. The number of hydrogen-bond acceptors (Lipinski definition) is 3. The van der Waals surface area contributed by atoms with Gasteiger partial charge in [0.25, 0.3) is 10.0 Å². The third-order valence-electron chi connectivity index (χ3n) is 2.48. The Kier molecular flexibility index (Phi) is 4.67. The quantitative estimate of drug-likeness (QED) is 0.737. The Morgan fingerprint density at radius 2 is 1.86 bits per heavy atom. The standard InChI is InChI=1S/C12H8BrCl2FN2O2S/c13-6-1-2-9(16)11(3-6)18-21(19,20)12-8(15)4-7(14)5-10(12)17/h1-5,18H,17H2. The van der Waals surface area contributed by atoms with Crippen molar-refractivity contribution in [2.75, 3.05) is 10.5 Å². The molecule has 3 N–H and O–H groups in total. The monoisotopic (exact) mass is 412 g/mol. The second-order valence-electron chi connectivity index (χ2n) is 4.04. The van der Waals surface area contributed by atoms with Crippen molar-refractivity contribution in [2.24, 2.45) is 0 Å². The molecule has 21 heavy (non-hydrogen) atoms. The van der Waals surface area contributed by atoms with Crippen LogP contribution in [-0.2, 0) is 10.0 Å². The van der Waals surface area contributed by atoms with Crippen molar-refractivity contribution in [3.63, 3.8) is 0 Å². The van der Waals surface area contributed by atoms with Gasteiger partial charge >= 0.3 is 0 Å². The molecule has 0 saturated heterocycles. The summed E-state index contributed by atoms with van der Waals surface area (Å²) in [5.41, 5.74) is 5.28. The predicted molar refractivity (Wildman–Crippen MR) is 85.8 cm³/mol. The number of sulfonamides is 1. The lowest BCUT2D eigenvalue weighted by molar-refractivity contribution is 0.599. The van der Waals surface area contributed by atoms with Gasteiger partial charge in [0, 0.05) is 9.50 Å². The average Bonchev–Trinajstić information content (AvgIpc) is 2.31. The summed E-state index contributed by atoms with van der Waals surface area (Å²) in [5, 5.41) is 0.0491. The minimum atomic E-state index is -4.16. The Balaban J connectivity index is 2.51. The van der Waals surface area contributed by atoms with Crippen LogP contribution in [0.25, 0.3) is 0 Å². The third kappa shape index (κ3) is 3.60. The summed E-state index contributed by atoms with van der Waals surface area (Å²) in [6, 6.07) is 6.34. The van der Waals surface area contributed by atoms with Crippen LogP contribution >= 0.6 is 39.1 Å². The molecule has 0 heterocycles. The largest absolute Gasteiger partial charge is 0.398 e. The van der Waals surface area contributed by atoms with Gasteiger partial charge in [0.05, 0.1) is 16.4 Å². The number of nitrogens with two attached hydrogens (primary N) is 1. The lowest BCUT2D eigenvalue weighted by Gasteiger charge is -2.13. The Hall–Kier alpha value is -1.02. The van der Waals surface area contributed by atoms with Crippen molar-refractivity contribution in [3.8, 4) is 0 Å². The molecule has 9 heteroatoms. The molecule has 0 unspecified atom stereocenters. The van der Waals surface area contributed by atoms with Crippen LogP contribution in [0.15, 0.2) is 39.7 Å². The maximum atomic E-state index is 13.6. The molecule has 0 radical (unpaired) electrons. The van der Waals surface area contributed by atoms with Crippen LogP contribution in [0.4, 0.5) is 15.8 Å². The van der Waals surface area contributed by atoms with Crippen molar-refractivity contribution in [1.29, 1.82) is 0 Å². The zero-order valence-corrected chi connectivity index (χ0v) is 14.1. The number of hydrogen-bond donors (Lipinski definition) is 2. The van der Waals surface area contributed by atoms with Crippen LogP contribution in [0.1, 0.15) is 0 Å². The number of nitrogens with one attached hydrogen (secondary N) is 1. The molecular formula is C12H8BrCl2FN2O2S. The van der Waals surface area contributed by atoms with E-state index in [4.69, 9.17) is 28.9 Å². The van der Waals surface area contributed by atoms with E-state index in [0.29, 0.717) is 4.47 Å². The molecule has 0 amide bonds. The summed E-state index contributed by atoms with van der Waals surface area (Å²) in [6.07, 6.45) is 0. The fraction of sp³-hybridized carbons (Fsp3) is 0. The van der Waals surface area contributed by atoms with Gasteiger partial charge in [-0.05, 0) is 30.3 Å². The maximum absolute atomic E-state index is 13.6. The van der Waals surface area contributed by atoms with Gasteiger partial charge in [-0.2, -0.15) is 0 Å². The SMILES string of the molecule is Nc1cc(Cl)cc(Cl)c1S(=O)(=O)Nc1cc(Br)ccc1F. The van der Waals surface area contributed by atoms with Crippen molar-refractivity contribution < 1.29 is 12.8 Å². The maximum Gasteiger partial charge on any atom is 0.265 e. The lowest BCUT2D eigenvalue weighted by atomic mass is 10.3. The Morgan fingerprint density at radius 3 is 2.48 bits per heavy atom. The molecular weight excluding hydrogens is 406 g/mol. The van der Waals surface area contributed by atoms with E-state index in [-0.39, 0.29) is 26.3 Å². The first-order chi connectivity index (χ1) is 9.70. The number of rotatable bonds is 3. The van der Waals surface area contributed by atoms with Crippen molar-refractivity contribution in [2.45, 2.75) is 4.90 Å². The van der Waals surface area contributed by atoms with Gasteiger partial charge in [-0.3, -0.25) is 4.72 Å². The second kappa shape index (κ2) is 6.00. The van der Waals surface area contributed by atoms with Crippen LogP contribution in [0.2, 0.25) is 10.0 Å². The fourth-order valence-corrected chi connectivity index (χ4v) is 4.04. The van der Waals surface area contributed by atoms with Crippen LogP contribution < -0.4 is 10.5 Å². The highest BCUT2D eigenvalue weighted by Crippen LogP contribution is 2.33. The number of anilines is 2. The van der Waals surface area contributed by atoms with Crippen molar-refractivity contribution >= 4 is 60.5 Å². The van der Waals surface area contributed by atoms with Crippen molar-refractivity contribution in [3.05, 3.63) is 50.7 Å². The molecule has 0 aliphatic carbocycles. The summed E-state index contributed by atoms with van der Waals surface area (Å²) in [7, 11) is -4.16. The summed E-state index contributed by atoms with van der Waals surface area (Å²) in [6.45, 7) is 0. The van der Waals surface area contributed by atoms with E-state index in [2.05, 4.69) is 20.7 Å². The third-order valence-corrected chi connectivity index (χ3v) is 5.08. The molecule has 0 saturated carbocycles. The molecule has 0 aliphatic heterocycles.